The van der Waals surface area contributed by atoms with Crippen molar-refractivity contribution in [1.82, 2.24) is 0 Å². The largest absolute Gasteiger partial charge is 0.381 e. The molecule has 16 heavy (non-hydrogen) atoms. The first-order chi connectivity index (χ1) is 7.74. The number of halogens is 1. The lowest BCUT2D eigenvalue weighted by Crippen LogP contribution is -2.33. The molecule has 88 valence electrons. The molecular formula is C14H19ClO. The molecule has 0 bridgehead atoms. The van der Waals surface area contributed by atoms with Crippen LogP contribution in [-0.4, -0.2) is 19.1 Å². The number of rotatable bonds is 3. The van der Waals surface area contributed by atoms with Crippen LogP contribution in [0.1, 0.15) is 24.0 Å². The summed E-state index contributed by atoms with van der Waals surface area (Å²) in [5.74, 6) is 0.740. The van der Waals surface area contributed by atoms with Crippen LogP contribution in [-0.2, 0) is 11.2 Å². The smallest absolute Gasteiger partial charge is 0.0471 e. The summed E-state index contributed by atoms with van der Waals surface area (Å²) in [7, 11) is 0. The van der Waals surface area contributed by atoms with Gasteiger partial charge in [0.1, 0.15) is 0 Å². The molecule has 1 aliphatic heterocycles. The average molecular weight is 239 g/mol. The minimum Gasteiger partial charge on any atom is -0.381 e. The van der Waals surface area contributed by atoms with Gasteiger partial charge in [0, 0.05) is 19.1 Å². The van der Waals surface area contributed by atoms with Crippen molar-refractivity contribution >= 4 is 11.6 Å². The molecule has 1 aromatic rings. The molecule has 1 aromatic carbocycles. The first-order valence-corrected chi connectivity index (χ1v) is 6.47. The Morgan fingerprint density at radius 2 is 2.06 bits per heavy atom. The molecule has 1 nitrogen and oxygen atoms in total. The summed E-state index contributed by atoms with van der Waals surface area (Å²) in [5.41, 5.74) is 2.99. The lowest BCUT2D eigenvalue weighted by atomic mass is 9.77. The minimum absolute atomic E-state index is 0.258. The molecule has 2 rings (SSSR count). The zero-order chi connectivity index (χ0) is 11.4. The molecule has 0 saturated carbocycles. The van der Waals surface area contributed by atoms with Gasteiger partial charge in [0.2, 0.25) is 0 Å². The highest BCUT2D eigenvalue weighted by molar-refractivity contribution is 6.18. The third-order valence-corrected chi connectivity index (χ3v) is 4.07. The molecule has 1 heterocycles. The van der Waals surface area contributed by atoms with E-state index in [0.29, 0.717) is 0 Å². The van der Waals surface area contributed by atoms with Gasteiger partial charge in [0.05, 0.1) is 0 Å². The Hall–Kier alpha value is -0.530. The van der Waals surface area contributed by atoms with Crippen LogP contribution in [0.4, 0.5) is 0 Å². The Labute approximate surface area is 103 Å². The lowest BCUT2D eigenvalue weighted by Gasteiger charge is -2.35. The maximum Gasteiger partial charge on any atom is 0.0471 e. The number of alkyl halides is 1. The highest BCUT2D eigenvalue weighted by Crippen LogP contribution is 2.35. The highest BCUT2D eigenvalue weighted by Gasteiger charge is 2.31. The van der Waals surface area contributed by atoms with Crippen LogP contribution >= 0.6 is 11.6 Å². The van der Waals surface area contributed by atoms with E-state index in [-0.39, 0.29) is 5.41 Å². The van der Waals surface area contributed by atoms with Crippen molar-refractivity contribution in [3.05, 3.63) is 35.4 Å². The fraction of sp³-hybridized carbons (Fsp3) is 0.571. The molecule has 0 N–H and O–H groups in total. The van der Waals surface area contributed by atoms with Gasteiger partial charge in [0.25, 0.3) is 0 Å². The van der Waals surface area contributed by atoms with Crippen LogP contribution in [0.15, 0.2) is 24.3 Å². The van der Waals surface area contributed by atoms with Gasteiger partial charge in [0.15, 0.2) is 0 Å². The summed E-state index contributed by atoms with van der Waals surface area (Å²) in [4.78, 5) is 0. The number of aryl methyl sites for hydroxylation is 1. The number of ether oxygens (including phenoxy) is 1. The van der Waals surface area contributed by atoms with E-state index in [4.69, 9.17) is 16.3 Å². The van der Waals surface area contributed by atoms with Crippen LogP contribution in [0, 0.1) is 12.3 Å². The Morgan fingerprint density at radius 1 is 1.31 bits per heavy atom. The van der Waals surface area contributed by atoms with E-state index < -0.39 is 0 Å². The van der Waals surface area contributed by atoms with E-state index in [0.717, 1.165) is 38.4 Å². The van der Waals surface area contributed by atoms with Crippen molar-refractivity contribution in [2.45, 2.75) is 26.2 Å². The van der Waals surface area contributed by atoms with E-state index in [2.05, 4.69) is 31.2 Å². The maximum absolute atomic E-state index is 6.17. The van der Waals surface area contributed by atoms with Gasteiger partial charge < -0.3 is 4.74 Å². The lowest BCUT2D eigenvalue weighted by molar-refractivity contribution is 0.0258. The Morgan fingerprint density at radius 3 is 2.69 bits per heavy atom. The van der Waals surface area contributed by atoms with Crippen molar-refractivity contribution in [3.8, 4) is 0 Å². The zero-order valence-electron chi connectivity index (χ0n) is 9.84. The van der Waals surface area contributed by atoms with Crippen molar-refractivity contribution in [2.24, 2.45) is 5.41 Å². The van der Waals surface area contributed by atoms with Crippen LogP contribution in [0.5, 0.6) is 0 Å². The SMILES string of the molecule is Cc1cccc(CC2(CCl)CCOCC2)c1. The molecule has 0 amide bonds. The van der Waals surface area contributed by atoms with Crippen LogP contribution in [0.3, 0.4) is 0 Å². The van der Waals surface area contributed by atoms with E-state index in [1.54, 1.807) is 0 Å². The molecule has 2 heteroatoms. The van der Waals surface area contributed by atoms with E-state index >= 15 is 0 Å². The summed E-state index contributed by atoms with van der Waals surface area (Å²) < 4.78 is 5.43. The summed E-state index contributed by atoms with van der Waals surface area (Å²) in [6.07, 6.45) is 3.26. The third kappa shape index (κ3) is 2.78. The predicted molar refractivity (Wildman–Crippen MR) is 68.1 cm³/mol. The van der Waals surface area contributed by atoms with Gasteiger partial charge in [-0.3, -0.25) is 0 Å². The van der Waals surface area contributed by atoms with Gasteiger partial charge in [-0.15, -0.1) is 11.6 Å². The van der Waals surface area contributed by atoms with Crippen molar-refractivity contribution in [3.63, 3.8) is 0 Å². The maximum atomic E-state index is 6.17. The van der Waals surface area contributed by atoms with E-state index in [1.807, 2.05) is 0 Å². The monoisotopic (exact) mass is 238 g/mol. The molecular weight excluding hydrogens is 220 g/mol. The molecule has 0 aliphatic carbocycles. The molecule has 0 atom stereocenters. The summed E-state index contributed by atoms with van der Waals surface area (Å²) in [6.45, 7) is 3.86. The molecule has 0 aromatic heterocycles. The summed E-state index contributed by atoms with van der Waals surface area (Å²) in [6, 6.07) is 8.74. The zero-order valence-corrected chi connectivity index (χ0v) is 10.6. The Bertz CT molecular complexity index is 342. The van der Waals surface area contributed by atoms with Crippen LogP contribution < -0.4 is 0 Å². The number of hydrogen-bond donors (Lipinski definition) is 0. The third-order valence-electron chi connectivity index (χ3n) is 3.50. The molecule has 1 aliphatic rings. The predicted octanol–water partition coefficient (Wildman–Crippen LogP) is 3.57. The highest BCUT2D eigenvalue weighted by atomic mass is 35.5. The second-order valence-corrected chi connectivity index (χ2v) is 5.18. The quantitative estimate of drug-likeness (QED) is 0.732. The first kappa shape index (κ1) is 11.9. The second-order valence-electron chi connectivity index (χ2n) is 4.91. The van der Waals surface area contributed by atoms with E-state index in [9.17, 15) is 0 Å². The van der Waals surface area contributed by atoms with Gasteiger partial charge in [-0.25, -0.2) is 0 Å². The fourth-order valence-electron chi connectivity index (χ4n) is 2.42. The van der Waals surface area contributed by atoms with Gasteiger partial charge >= 0.3 is 0 Å². The van der Waals surface area contributed by atoms with Crippen LogP contribution in [0.25, 0.3) is 0 Å². The Kier molecular flexibility index (Phi) is 3.88. The van der Waals surface area contributed by atoms with E-state index in [1.165, 1.54) is 11.1 Å². The van der Waals surface area contributed by atoms with Gasteiger partial charge in [-0.05, 0) is 37.2 Å². The normalized spacial score (nSPS) is 19.6. The van der Waals surface area contributed by atoms with Crippen molar-refractivity contribution in [2.75, 3.05) is 19.1 Å². The summed E-state index contributed by atoms with van der Waals surface area (Å²) in [5, 5.41) is 0. The standard InChI is InChI=1S/C14H19ClO/c1-12-3-2-4-13(9-12)10-14(11-15)5-7-16-8-6-14/h2-4,9H,5-8,10-11H2,1H3. The molecule has 0 unspecified atom stereocenters. The van der Waals surface area contributed by atoms with Crippen LogP contribution in [0.2, 0.25) is 0 Å². The second kappa shape index (κ2) is 5.20. The Balaban J connectivity index is 2.11. The van der Waals surface area contributed by atoms with Crippen molar-refractivity contribution < 1.29 is 4.74 Å². The fourth-order valence-corrected chi connectivity index (χ4v) is 2.78. The van der Waals surface area contributed by atoms with Gasteiger partial charge in [-0.1, -0.05) is 29.8 Å². The number of hydrogen-bond acceptors (Lipinski definition) is 1. The number of benzene rings is 1. The molecule has 0 radical (unpaired) electrons. The molecule has 1 fully saturated rings. The molecule has 0 spiro atoms. The minimum atomic E-state index is 0.258. The summed E-state index contributed by atoms with van der Waals surface area (Å²) >= 11 is 6.17. The van der Waals surface area contributed by atoms with Crippen molar-refractivity contribution in [1.29, 1.82) is 0 Å². The molecule has 1 saturated heterocycles. The first-order valence-electron chi connectivity index (χ1n) is 5.93. The average Bonchev–Trinajstić information content (AvgIpc) is 2.30. The van der Waals surface area contributed by atoms with Gasteiger partial charge in [-0.2, -0.15) is 0 Å². The topological polar surface area (TPSA) is 9.23 Å².